The summed E-state index contributed by atoms with van der Waals surface area (Å²) in [6.07, 6.45) is 2.08. The second-order valence-corrected chi connectivity index (χ2v) is 4.67. The average molecular weight is 278 g/mol. The molecule has 1 aliphatic rings. The van der Waals surface area contributed by atoms with Crippen molar-refractivity contribution in [2.24, 2.45) is 0 Å². The van der Waals surface area contributed by atoms with Crippen molar-refractivity contribution < 1.29 is 19.2 Å². The maximum atomic E-state index is 5.55. The Morgan fingerprint density at radius 1 is 1.35 bits per heavy atom. The lowest BCUT2D eigenvalue weighted by Crippen LogP contribution is -2.27. The Morgan fingerprint density at radius 2 is 2.15 bits per heavy atom. The second-order valence-electron chi connectivity index (χ2n) is 4.67. The van der Waals surface area contributed by atoms with E-state index in [-0.39, 0.29) is 6.29 Å². The number of ether oxygens (including phenoxy) is 2. The molecular formula is C16H22O4. The van der Waals surface area contributed by atoms with Crippen LogP contribution in [0.25, 0.3) is 5.57 Å². The SMILES string of the molecule is C=C(c1ccccc1)C(OCC)OOC1CCCCO1. The predicted molar refractivity (Wildman–Crippen MR) is 76.7 cm³/mol. The van der Waals surface area contributed by atoms with Crippen molar-refractivity contribution in [3.05, 3.63) is 42.5 Å². The van der Waals surface area contributed by atoms with Gasteiger partial charge in [0.25, 0.3) is 0 Å². The van der Waals surface area contributed by atoms with Crippen LogP contribution in [-0.2, 0) is 19.2 Å². The van der Waals surface area contributed by atoms with E-state index in [2.05, 4.69) is 6.58 Å². The van der Waals surface area contributed by atoms with E-state index in [9.17, 15) is 0 Å². The zero-order valence-electron chi connectivity index (χ0n) is 11.9. The van der Waals surface area contributed by atoms with E-state index in [1.165, 1.54) is 0 Å². The van der Waals surface area contributed by atoms with E-state index in [0.29, 0.717) is 13.2 Å². The highest BCUT2D eigenvalue weighted by Gasteiger charge is 2.21. The number of hydrogen-bond acceptors (Lipinski definition) is 4. The summed E-state index contributed by atoms with van der Waals surface area (Å²) in [6.45, 7) is 7.18. The molecule has 1 aromatic rings. The van der Waals surface area contributed by atoms with E-state index in [0.717, 1.165) is 30.4 Å². The molecule has 20 heavy (non-hydrogen) atoms. The first kappa shape index (κ1) is 15.2. The van der Waals surface area contributed by atoms with Crippen LogP contribution in [0.5, 0.6) is 0 Å². The number of benzene rings is 1. The average Bonchev–Trinajstić information content (AvgIpc) is 2.52. The van der Waals surface area contributed by atoms with E-state index in [1.807, 2.05) is 37.3 Å². The molecule has 110 valence electrons. The fourth-order valence-electron chi connectivity index (χ4n) is 2.03. The molecule has 0 radical (unpaired) electrons. The third kappa shape index (κ3) is 4.42. The van der Waals surface area contributed by atoms with Crippen LogP contribution in [-0.4, -0.2) is 25.8 Å². The minimum Gasteiger partial charge on any atom is -0.350 e. The second kappa shape index (κ2) is 8.17. The Labute approximate surface area is 120 Å². The van der Waals surface area contributed by atoms with Gasteiger partial charge in [0.1, 0.15) is 0 Å². The van der Waals surface area contributed by atoms with Gasteiger partial charge in [-0.15, -0.1) is 0 Å². The van der Waals surface area contributed by atoms with Gasteiger partial charge in [-0.1, -0.05) is 36.9 Å². The Hall–Kier alpha value is -1.20. The summed E-state index contributed by atoms with van der Waals surface area (Å²) in [6, 6.07) is 9.80. The molecule has 2 atom stereocenters. The van der Waals surface area contributed by atoms with Crippen LogP contribution in [0, 0.1) is 0 Å². The molecule has 0 N–H and O–H groups in total. The largest absolute Gasteiger partial charge is 0.350 e. The highest BCUT2D eigenvalue weighted by molar-refractivity contribution is 5.65. The molecular weight excluding hydrogens is 256 g/mol. The normalized spacial score (nSPS) is 20.6. The topological polar surface area (TPSA) is 36.9 Å². The van der Waals surface area contributed by atoms with Gasteiger partial charge >= 0.3 is 0 Å². The van der Waals surface area contributed by atoms with Gasteiger partial charge in [0.15, 0.2) is 6.29 Å². The number of rotatable bonds is 7. The zero-order valence-corrected chi connectivity index (χ0v) is 11.9. The van der Waals surface area contributed by atoms with E-state index >= 15 is 0 Å². The van der Waals surface area contributed by atoms with Gasteiger partial charge in [-0.25, -0.2) is 4.89 Å². The Kier molecular flexibility index (Phi) is 6.21. The van der Waals surface area contributed by atoms with Gasteiger partial charge in [0.05, 0.1) is 0 Å². The van der Waals surface area contributed by atoms with Crippen molar-refractivity contribution in [1.29, 1.82) is 0 Å². The smallest absolute Gasteiger partial charge is 0.217 e. The molecule has 1 aromatic carbocycles. The lowest BCUT2D eigenvalue weighted by Gasteiger charge is -2.25. The molecule has 0 spiro atoms. The minimum absolute atomic E-state index is 0.310. The Bertz CT molecular complexity index is 398. The molecule has 2 rings (SSSR count). The minimum atomic E-state index is -0.618. The molecule has 0 saturated carbocycles. The molecule has 0 bridgehead atoms. The summed E-state index contributed by atoms with van der Waals surface area (Å²) < 4.78 is 11.0. The summed E-state index contributed by atoms with van der Waals surface area (Å²) in [7, 11) is 0. The van der Waals surface area contributed by atoms with E-state index in [1.54, 1.807) is 0 Å². The van der Waals surface area contributed by atoms with Gasteiger partial charge in [-0.05, 0) is 25.3 Å². The zero-order chi connectivity index (χ0) is 14.2. The maximum Gasteiger partial charge on any atom is 0.217 e. The van der Waals surface area contributed by atoms with Crippen LogP contribution in [0.1, 0.15) is 31.7 Å². The van der Waals surface area contributed by atoms with Gasteiger partial charge < -0.3 is 9.47 Å². The molecule has 1 aliphatic heterocycles. The molecule has 0 aliphatic carbocycles. The molecule has 2 unspecified atom stereocenters. The van der Waals surface area contributed by atoms with Crippen LogP contribution in [0.2, 0.25) is 0 Å². The van der Waals surface area contributed by atoms with Gasteiger partial charge in [0, 0.05) is 25.2 Å². The van der Waals surface area contributed by atoms with Crippen LogP contribution in [0.15, 0.2) is 36.9 Å². The molecule has 1 fully saturated rings. The fourth-order valence-corrected chi connectivity index (χ4v) is 2.03. The van der Waals surface area contributed by atoms with Crippen molar-refractivity contribution in [1.82, 2.24) is 0 Å². The summed E-state index contributed by atoms with van der Waals surface area (Å²) in [4.78, 5) is 10.7. The lowest BCUT2D eigenvalue weighted by atomic mass is 10.1. The molecule has 1 heterocycles. The quantitative estimate of drug-likeness (QED) is 0.434. The van der Waals surface area contributed by atoms with Crippen molar-refractivity contribution >= 4 is 5.57 Å². The first-order valence-electron chi connectivity index (χ1n) is 7.11. The van der Waals surface area contributed by atoms with E-state index < -0.39 is 6.29 Å². The Morgan fingerprint density at radius 3 is 2.80 bits per heavy atom. The van der Waals surface area contributed by atoms with Gasteiger partial charge in [-0.3, -0.25) is 0 Å². The van der Waals surface area contributed by atoms with E-state index in [4.69, 9.17) is 19.2 Å². The summed E-state index contributed by atoms with van der Waals surface area (Å²) in [5.41, 5.74) is 1.71. The summed E-state index contributed by atoms with van der Waals surface area (Å²) in [5, 5.41) is 0. The predicted octanol–water partition coefficient (Wildman–Crippen LogP) is 3.54. The van der Waals surface area contributed by atoms with Gasteiger partial charge in [0.2, 0.25) is 6.29 Å². The first-order chi connectivity index (χ1) is 9.81. The summed E-state index contributed by atoms with van der Waals surface area (Å²) in [5.74, 6) is 0. The third-order valence-electron chi connectivity index (χ3n) is 3.14. The highest BCUT2D eigenvalue weighted by atomic mass is 17.2. The van der Waals surface area contributed by atoms with Crippen LogP contribution in [0.3, 0.4) is 0 Å². The molecule has 0 aromatic heterocycles. The van der Waals surface area contributed by atoms with Crippen molar-refractivity contribution in [2.45, 2.75) is 38.8 Å². The van der Waals surface area contributed by atoms with Crippen molar-refractivity contribution in [2.75, 3.05) is 13.2 Å². The molecule has 4 nitrogen and oxygen atoms in total. The number of hydrogen-bond donors (Lipinski definition) is 0. The monoisotopic (exact) mass is 278 g/mol. The van der Waals surface area contributed by atoms with Crippen LogP contribution < -0.4 is 0 Å². The van der Waals surface area contributed by atoms with Crippen molar-refractivity contribution in [3.63, 3.8) is 0 Å². The lowest BCUT2D eigenvalue weighted by molar-refractivity contribution is -0.425. The standard InChI is InChI=1S/C16H22O4/c1-3-17-16(13(2)14-9-5-4-6-10-14)20-19-15-11-7-8-12-18-15/h4-6,9-10,15-16H,2-3,7-8,11-12H2,1H3. The summed E-state index contributed by atoms with van der Waals surface area (Å²) >= 11 is 0. The molecule has 4 heteroatoms. The van der Waals surface area contributed by atoms with Crippen LogP contribution in [0.4, 0.5) is 0 Å². The fraction of sp³-hybridized carbons (Fsp3) is 0.500. The first-order valence-corrected chi connectivity index (χ1v) is 7.11. The maximum absolute atomic E-state index is 5.55. The van der Waals surface area contributed by atoms with Crippen molar-refractivity contribution in [3.8, 4) is 0 Å². The third-order valence-corrected chi connectivity index (χ3v) is 3.14. The van der Waals surface area contributed by atoms with Gasteiger partial charge in [-0.2, -0.15) is 4.89 Å². The van der Waals surface area contributed by atoms with Crippen LogP contribution >= 0.6 is 0 Å². The Balaban J connectivity index is 1.90. The molecule has 0 amide bonds. The molecule has 1 saturated heterocycles. The highest BCUT2D eigenvalue weighted by Crippen LogP contribution is 2.22.